The molecule has 0 N–H and O–H groups in total. The number of allylic oxidation sites excluding steroid dienone is 11. The molecule has 0 saturated heterocycles. The maximum absolute atomic E-state index is 3.70. The van der Waals surface area contributed by atoms with Crippen molar-refractivity contribution in [2.24, 2.45) is 0 Å². The van der Waals surface area contributed by atoms with Crippen molar-refractivity contribution in [1.29, 1.82) is 0 Å². The van der Waals surface area contributed by atoms with Crippen molar-refractivity contribution in [2.75, 3.05) is 0 Å². The van der Waals surface area contributed by atoms with Gasteiger partial charge in [-0.3, -0.25) is 0 Å². The third kappa shape index (κ3) is 6.95. The van der Waals surface area contributed by atoms with E-state index in [2.05, 4.69) is 226 Å². The first-order valence-electron chi connectivity index (χ1n) is 34.1. The number of unbranched alkanes of at least 4 members (excludes halogenated alkanes) is 3. The summed E-state index contributed by atoms with van der Waals surface area (Å²) >= 11 is 0. The zero-order valence-corrected chi connectivity index (χ0v) is 52.3. The summed E-state index contributed by atoms with van der Waals surface area (Å²) in [6.07, 6.45) is 34.9. The Morgan fingerprint density at radius 2 is 0.570 bits per heavy atom. The zero-order valence-electron chi connectivity index (χ0n) is 52.3. The summed E-state index contributed by atoms with van der Waals surface area (Å²) in [6.45, 7) is 5.96. The summed E-state index contributed by atoms with van der Waals surface area (Å²) < 4.78 is 0. The quantitative estimate of drug-likeness (QED) is 0.0688. The third-order valence-corrected chi connectivity index (χ3v) is 22.8. The Kier molecular flexibility index (Phi) is 10.9. The Balaban J connectivity index is 0.0000000940. The molecule has 93 heavy (non-hydrogen) atoms. The van der Waals surface area contributed by atoms with Crippen LogP contribution in [0.4, 0.5) is 0 Å². The predicted octanol–water partition coefficient (Wildman–Crippen LogP) is 23.7. The van der Waals surface area contributed by atoms with E-state index >= 15 is 0 Å². The van der Waals surface area contributed by atoms with Crippen LogP contribution in [0.15, 0.2) is 243 Å². The Labute approximate surface area is 541 Å². The topological polar surface area (TPSA) is 0 Å². The van der Waals surface area contributed by atoms with Crippen LogP contribution in [0.1, 0.15) is 144 Å². The lowest BCUT2D eigenvalue weighted by atomic mass is 9.87. The lowest BCUT2D eigenvalue weighted by Crippen LogP contribution is -1.95. The van der Waals surface area contributed by atoms with Crippen molar-refractivity contribution in [3.05, 3.63) is 355 Å². The molecule has 436 valence electrons. The molecule has 0 heteroatoms. The number of benzene rings is 14. The van der Waals surface area contributed by atoms with E-state index < -0.39 is 0 Å². The number of rotatable bonds is 11. The van der Waals surface area contributed by atoms with Crippen LogP contribution in [-0.4, -0.2) is 0 Å². The van der Waals surface area contributed by atoms with Gasteiger partial charge in [-0.15, -0.1) is 0 Å². The molecule has 0 unspecified atom stereocenters. The van der Waals surface area contributed by atoms with Crippen molar-refractivity contribution in [3.8, 4) is 0 Å². The fourth-order valence-electron chi connectivity index (χ4n) is 19.2. The highest BCUT2D eigenvalue weighted by molar-refractivity contribution is 6.41. The summed E-state index contributed by atoms with van der Waals surface area (Å²) in [5.74, 6) is 0. The van der Waals surface area contributed by atoms with E-state index in [0.29, 0.717) is 0 Å². The summed E-state index contributed by atoms with van der Waals surface area (Å²) in [7, 11) is 0. The van der Waals surface area contributed by atoms with Crippen LogP contribution < -0.4 is 0 Å². The Morgan fingerprint density at radius 3 is 0.903 bits per heavy atom. The van der Waals surface area contributed by atoms with Gasteiger partial charge in [-0.1, -0.05) is 263 Å². The molecule has 0 radical (unpaired) electrons. The van der Waals surface area contributed by atoms with Crippen LogP contribution in [0.25, 0.3) is 119 Å². The largest absolute Gasteiger partial charge is 0.0991 e. The van der Waals surface area contributed by atoms with Gasteiger partial charge in [0.15, 0.2) is 0 Å². The third-order valence-electron chi connectivity index (χ3n) is 22.8. The Hall–Kier alpha value is -10.7. The Morgan fingerprint density at radius 1 is 0.290 bits per heavy atom. The van der Waals surface area contributed by atoms with E-state index in [1.807, 2.05) is 18.2 Å². The zero-order chi connectivity index (χ0) is 60.9. The SMILES string of the molecule is C=C/C=C/C=C/C=C/C=C1c2ccc3c4c5c(ccc6c5c5c(ccc1c5c24)C6)C3.CCCCC/C=C/C=C1c2ccc3c4c5c(ccc6c5c5c(ccc1c5c24)C6)C3.c1ccc(C(=C2c3ccc4c5c6c(ccc7c6c6c(ccc2c6c35)C7)C4)c2ccccc2)cc1. The van der Waals surface area contributed by atoms with Crippen molar-refractivity contribution in [3.63, 3.8) is 0 Å². The molecule has 0 spiro atoms. The van der Waals surface area contributed by atoms with Gasteiger partial charge < -0.3 is 0 Å². The van der Waals surface area contributed by atoms with Gasteiger partial charge in [0, 0.05) is 0 Å². The highest BCUT2D eigenvalue weighted by Gasteiger charge is 2.37. The summed E-state index contributed by atoms with van der Waals surface area (Å²) in [5.41, 5.74) is 34.7. The van der Waals surface area contributed by atoms with Crippen LogP contribution in [0, 0.1) is 0 Å². The van der Waals surface area contributed by atoms with Crippen molar-refractivity contribution < 1.29 is 0 Å². The van der Waals surface area contributed by atoms with E-state index in [1.54, 1.807) is 27.6 Å². The highest BCUT2D eigenvalue weighted by atomic mass is 14.4. The molecule has 0 bridgehead atoms. The van der Waals surface area contributed by atoms with Gasteiger partial charge in [-0.2, -0.15) is 0 Å². The molecule has 0 aliphatic heterocycles. The van der Waals surface area contributed by atoms with E-state index in [1.165, 1.54) is 235 Å². The minimum absolute atomic E-state index is 1.06. The van der Waals surface area contributed by atoms with Crippen LogP contribution in [-0.2, 0) is 38.5 Å². The average molecular weight is 1180 g/mol. The first-order valence-corrected chi connectivity index (χ1v) is 34.1. The number of hydrogen-bond acceptors (Lipinski definition) is 0. The van der Waals surface area contributed by atoms with Crippen molar-refractivity contribution in [1.82, 2.24) is 0 Å². The predicted molar refractivity (Wildman–Crippen MR) is 397 cm³/mol. The van der Waals surface area contributed by atoms with Crippen LogP contribution >= 0.6 is 0 Å². The van der Waals surface area contributed by atoms with E-state index in [-0.39, 0.29) is 0 Å². The van der Waals surface area contributed by atoms with Gasteiger partial charge >= 0.3 is 0 Å². The minimum Gasteiger partial charge on any atom is -0.0991 e. The molecule has 23 rings (SSSR count). The van der Waals surface area contributed by atoms with Crippen LogP contribution in [0.2, 0.25) is 0 Å². The molecule has 14 aromatic carbocycles. The second-order valence-electron chi connectivity index (χ2n) is 27.6. The minimum atomic E-state index is 1.06. The van der Waals surface area contributed by atoms with Crippen molar-refractivity contribution >= 4 is 119 Å². The van der Waals surface area contributed by atoms with Gasteiger partial charge in [0.2, 0.25) is 0 Å². The van der Waals surface area contributed by atoms with E-state index in [9.17, 15) is 0 Å². The van der Waals surface area contributed by atoms with Gasteiger partial charge in [0.25, 0.3) is 0 Å². The lowest BCUT2D eigenvalue weighted by Gasteiger charge is -2.16. The first-order chi connectivity index (χ1) is 46.1. The molecular weight excluding hydrogens is 1120 g/mol. The average Bonchev–Trinajstić information content (AvgIpc) is 1.54. The molecule has 9 aliphatic rings. The van der Waals surface area contributed by atoms with E-state index in [4.69, 9.17) is 0 Å². The summed E-state index contributed by atoms with van der Waals surface area (Å²) in [5, 5.41) is 27.5. The molecule has 0 nitrogen and oxygen atoms in total. The molecule has 0 heterocycles. The second-order valence-corrected chi connectivity index (χ2v) is 27.6. The molecule has 0 amide bonds. The summed E-state index contributed by atoms with van der Waals surface area (Å²) in [6, 6.07) is 64.9. The summed E-state index contributed by atoms with van der Waals surface area (Å²) in [4.78, 5) is 0. The van der Waals surface area contributed by atoms with Gasteiger partial charge in [0.05, 0.1) is 0 Å². The number of hydrogen-bond donors (Lipinski definition) is 0. The molecule has 0 fully saturated rings. The van der Waals surface area contributed by atoms with Crippen LogP contribution in [0.5, 0.6) is 0 Å². The maximum Gasteiger partial charge on any atom is -0.00106 e. The van der Waals surface area contributed by atoms with Gasteiger partial charge in [-0.25, -0.2) is 0 Å². The molecular formula is C93H64. The monoisotopic (exact) mass is 1180 g/mol. The van der Waals surface area contributed by atoms with Crippen LogP contribution in [0.3, 0.4) is 0 Å². The molecule has 14 aromatic rings. The fourth-order valence-corrected chi connectivity index (χ4v) is 19.2. The maximum atomic E-state index is 3.70. The smallest absolute Gasteiger partial charge is 0.00106 e. The molecule has 0 aromatic heterocycles. The fraction of sp³-hybridized carbons (Fsp3) is 0.118. The highest BCUT2D eigenvalue weighted by Crippen LogP contribution is 2.60. The Bertz CT molecular complexity index is 5800. The standard InChI is InChI=1S/C34H20.C30H20.C29H24/c1-3-7-19(8-4-1)27(20-9-5-2-6-10-20)32-25-15-13-23-17-21-11-12-22-18-24-14-16-26(32)34-31(24)29(22)28(21)30(23)33(25)34;1-2-3-4-5-6-7-8-9-22-23-14-12-20-16-18-10-11-19-17-21-13-15-24(22)30-28(21)26(19)25(18)27(20)29(23)30;1-2-3-4-5-6-7-8-21-22-13-11-19-15-17-9-10-18-16-20-12-14-23(21)29-27(20)25(18)24(17)26(19)28(22)29/h1-16H,17-18H2;2-15H,1,16-17H2;6-14H,2-5,15-16H2,1H3/b;4-3+,6-5+,8-7+;7-6+. The second kappa shape index (κ2) is 19.4. The first kappa shape index (κ1) is 52.0. The van der Waals surface area contributed by atoms with Gasteiger partial charge in [-0.05, 0) is 282 Å². The normalized spacial score (nSPS) is 14.9. The molecule has 9 aliphatic carbocycles. The lowest BCUT2D eigenvalue weighted by molar-refractivity contribution is 0.729. The molecule has 0 saturated carbocycles. The van der Waals surface area contributed by atoms with Crippen molar-refractivity contribution in [2.45, 2.75) is 71.1 Å². The molecule has 0 atom stereocenters. The van der Waals surface area contributed by atoms with Gasteiger partial charge in [0.1, 0.15) is 0 Å². The van der Waals surface area contributed by atoms with E-state index in [0.717, 1.165) is 38.5 Å².